The standard InChI is InChI=1S/C18H23N3O2/c19-11-14-7-4-8-17(14)20-15-9-16(10-15)21-18(22)23-12-13-5-2-1-3-6-13/h1-3,5-6,14-17,20H,4,7-10,12H2,(H,21,22). The fourth-order valence-electron chi connectivity index (χ4n) is 3.42. The van der Waals surface area contributed by atoms with Crippen LogP contribution in [0.1, 0.15) is 37.7 Å². The van der Waals surface area contributed by atoms with Gasteiger partial charge in [-0.2, -0.15) is 5.26 Å². The normalized spacial score (nSPS) is 29.3. The van der Waals surface area contributed by atoms with Crippen LogP contribution in [-0.2, 0) is 11.3 Å². The lowest BCUT2D eigenvalue weighted by Crippen LogP contribution is -2.55. The number of carbonyl (C=O) groups excluding carboxylic acids is 1. The average Bonchev–Trinajstić information content (AvgIpc) is 2.99. The second kappa shape index (κ2) is 7.47. The van der Waals surface area contributed by atoms with Crippen molar-refractivity contribution in [3.05, 3.63) is 35.9 Å². The van der Waals surface area contributed by atoms with Gasteiger partial charge in [-0.05, 0) is 31.2 Å². The molecule has 0 radical (unpaired) electrons. The number of nitrogens with one attached hydrogen (secondary N) is 2. The molecule has 2 fully saturated rings. The topological polar surface area (TPSA) is 74.2 Å². The van der Waals surface area contributed by atoms with E-state index < -0.39 is 0 Å². The van der Waals surface area contributed by atoms with Gasteiger partial charge in [0.25, 0.3) is 0 Å². The quantitative estimate of drug-likeness (QED) is 0.876. The Hall–Kier alpha value is -2.06. The fourth-order valence-corrected chi connectivity index (χ4v) is 3.42. The monoisotopic (exact) mass is 313 g/mol. The molecule has 23 heavy (non-hydrogen) atoms. The van der Waals surface area contributed by atoms with E-state index in [-0.39, 0.29) is 18.1 Å². The molecule has 5 nitrogen and oxygen atoms in total. The lowest BCUT2D eigenvalue weighted by Gasteiger charge is -2.38. The number of nitrogens with zero attached hydrogens (tertiary/aromatic N) is 1. The average molecular weight is 313 g/mol. The summed E-state index contributed by atoms with van der Waals surface area (Å²) in [5.41, 5.74) is 0.986. The van der Waals surface area contributed by atoms with E-state index in [9.17, 15) is 4.79 Å². The number of hydrogen-bond acceptors (Lipinski definition) is 4. The van der Waals surface area contributed by atoms with E-state index in [0.717, 1.165) is 37.7 Å². The number of benzene rings is 1. The molecule has 0 aromatic heterocycles. The molecule has 1 aromatic carbocycles. The van der Waals surface area contributed by atoms with Crippen molar-refractivity contribution in [1.29, 1.82) is 5.26 Å². The Labute approximate surface area is 137 Å². The molecule has 2 aliphatic rings. The van der Waals surface area contributed by atoms with E-state index in [1.165, 1.54) is 0 Å². The number of nitriles is 1. The first-order chi connectivity index (χ1) is 11.2. The van der Waals surface area contributed by atoms with Gasteiger partial charge in [0.1, 0.15) is 6.61 Å². The van der Waals surface area contributed by atoms with Gasteiger partial charge in [0, 0.05) is 18.1 Å². The highest BCUT2D eigenvalue weighted by molar-refractivity contribution is 5.67. The van der Waals surface area contributed by atoms with Crippen molar-refractivity contribution >= 4 is 6.09 Å². The lowest BCUT2D eigenvalue weighted by molar-refractivity contribution is 0.124. The minimum Gasteiger partial charge on any atom is -0.445 e. The van der Waals surface area contributed by atoms with E-state index in [4.69, 9.17) is 10.00 Å². The third kappa shape index (κ3) is 4.23. The lowest BCUT2D eigenvalue weighted by atomic mass is 9.85. The van der Waals surface area contributed by atoms with Gasteiger partial charge in [-0.3, -0.25) is 0 Å². The van der Waals surface area contributed by atoms with Crippen molar-refractivity contribution in [1.82, 2.24) is 10.6 Å². The summed E-state index contributed by atoms with van der Waals surface area (Å²) in [7, 11) is 0. The second-order valence-electron chi connectivity index (χ2n) is 6.51. The summed E-state index contributed by atoms with van der Waals surface area (Å²) in [6.45, 7) is 0.299. The highest BCUT2D eigenvalue weighted by Crippen LogP contribution is 2.28. The number of ether oxygens (including phenoxy) is 1. The van der Waals surface area contributed by atoms with Crippen molar-refractivity contribution in [2.24, 2.45) is 5.92 Å². The minimum absolute atomic E-state index is 0.151. The van der Waals surface area contributed by atoms with Gasteiger partial charge in [0.15, 0.2) is 0 Å². The van der Waals surface area contributed by atoms with Gasteiger partial charge in [-0.15, -0.1) is 0 Å². The zero-order valence-electron chi connectivity index (χ0n) is 13.2. The smallest absolute Gasteiger partial charge is 0.407 e. The molecule has 122 valence electrons. The van der Waals surface area contributed by atoms with Crippen LogP contribution in [0.25, 0.3) is 0 Å². The van der Waals surface area contributed by atoms with Crippen molar-refractivity contribution in [3.8, 4) is 6.07 Å². The van der Waals surface area contributed by atoms with Crippen molar-refractivity contribution in [3.63, 3.8) is 0 Å². The molecule has 3 rings (SSSR count). The molecule has 2 N–H and O–H groups in total. The van der Waals surface area contributed by atoms with Crippen LogP contribution >= 0.6 is 0 Å². The van der Waals surface area contributed by atoms with E-state index >= 15 is 0 Å². The zero-order chi connectivity index (χ0) is 16.1. The van der Waals surface area contributed by atoms with E-state index in [1.54, 1.807) is 0 Å². The van der Waals surface area contributed by atoms with Gasteiger partial charge >= 0.3 is 6.09 Å². The van der Waals surface area contributed by atoms with Gasteiger partial charge in [0.2, 0.25) is 0 Å². The summed E-state index contributed by atoms with van der Waals surface area (Å²) in [4.78, 5) is 11.8. The number of rotatable bonds is 5. The first-order valence-electron chi connectivity index (χ1n) is 8.37. The summed E-state index contributed by atoms with van der Waals surface area (Å²) in [6.07, 6.45) is 4.70. The predicted octanol–water partition coefficient (Wildman–Crippen LogP) is 2.73. The highest BCUT2D eigenvalue weighted by atomic mass is 16.5. The van der Waals surface area contributed by atoms with Crippen LogP contribution in [0.2, 0.25) is 0 Å². The Kier molecular flexibility index (Phi) is 5.14. The van der Waals surface area contributed by atoms with E-state index in [0.29, 0.717) is 18.7 Å². The van der Waals surface area contributed by atoms with Crippen LogP contribution in [0.4, 0.5) is 4.79 Å². The SMILES string of the molecule is N#CC1CCCC1NC1CC(NC(=O)OCc2ccccc2)C1. The Balaban J connectivity index is 1.32. The molecular weight excluding hydrogens is 290 g/mol. The van der Waals surface area contributed by atoms with Crippen LogP contribution in [0.15, 0.2) is 30.3 Å². The van der Waals surface area contributed by atoms with Gasteiger partial charge in [-0.25, -0.2) is 4.79 Å². The van der Waals surface area contributed by atoms with Crippen LogP contribution in [-0.4, -0.2) is 24.2 Å². The highest BCUT2D eigenvalue weighted by Gasteiger charge is 2.35. The van der Waals surface area contributed by atoms with Crippen LogP contribution < -0.4 is 10.6 Å². The maximum absolute atomic E-state index is 11.8. The maximum atomic E-state index is 11.8. The van der Waals surface area contributed by atoms with Gasteiger partial charge in [0.05, 0.1) is 12.0 Å². The van der Waals surface area contributed by atoms with Gasteiger partial charge in [-0.1, -0.05) is 36.8 Å². The summed E-state index contributed by atoms with van der Waals surface area (Å²) in [5, 5.41) is 15.6. The third-order valence-corrected chi connectivity index (χ3v) is 4.80. The molecule has 2 saturated carbocycles. The largest absolute Gasteiger partial charge is 0.445 e. The Morgan fingerprint density at radius 3 is 2.74 bits per heavy atom. The first-order valence-corrected chi connectivity index (χ1v) is 8.37. The molecule has 0 heterocycles. The number of alkyl carbamates (subject to hydrolysis) is 1. The minimum atomic E-state index is -0.354. The predicted molar refractivity (Wildman–Crippen MR) is 86.5 cm³/mol. The maximum Gasteiger partial charge on any atom is 0.407 e. The van der Waals surface area contributed by atoms with E-state index in [1.807, 2.05) is 30.3 Å². The second-order valence-corrected chi connectivity index (χ2v) is 6.51. The molecule has 0 aliphatic heterocycles. The summed E-state index contributed by atoms with van der Waals surface area (Å²) in [6, 6.07) is 13.0. The van der Waals surface area contributed by atoms with Crippen LogP contribution in [0.3, 0.4) is 0 Å². The molecule has 0 saturated heterocycles. The summed E-state index contributed by atoms with van der Waals surface area (Å²) < 4.78 is 5.22. The molecule has 1 aromatic rings. The number of carbonyl (C=O) groups is 1. The molecule has 2 atom stereocenters. The number of hydrogen-bond donors (Lipinski definition) is 2. The summed E-state index contributed by atoms with van der Waals surface area (Å²) >= 11 is 0. The zero-order valence-corrected chi connectivity index (χ0v) is 13.2. The molecule has 2 aliphatic carbocycles. The molecule has 0 bridgehead atoms. The van der Waals surface area contributed by atoms with Crippen molar-refractivity contribution < 1.29 is 9.53 Å². The molecule has 2 unspecified atom stereocenters. The summed E-state index contributed by atoms with van der Waals surface area (Å²) in [5.74, 6) is 0.151. The van der Waals surface area contributed by atoms with Crippen molar-refractivity contribution in [2.45, 2.75) is 56.8 Å². The Morgan fingerprint density at radius 1 is 1.22 bits per heavy atom. The first kappa shape index (κ1) is 15.8. The Morgan fingerprint density at radius 2 is 2.00 bits per heavy atom. The Bertz CT molecular complexity index is 563. The van der Waals surface area contributed by atoms with Crippen LogP contribution in [0, 0.1) is 17.2 Å². The van der Waals surface area contributed by atoms with Gasteiger partial charge < -0.3 is 15.4 Å². The molecule has 1 amide bonds. The van der Waals surface area contributed by atoms with E-state index in [2.05, 4.69) is 16.7 Å². The van der Waals surface area contributed by atoms with Crippen LogP contribution in [0.5, 0.6) is 0 Å². The fraction of sp³-hybridized carbons (Fsp3) is 0.556. The molecule has 5 heteroatoms. The molecule has 0 spiro atoms. The van der Waals surface area contributed by atoms with Crippen molar-refractivity contribution in [2.75, 3.05) is 0 Å². The number of amides is 1. The third-order valence-electron chi connectivity index (χ3n) is 4.80. The molecular formula is C18H23N3O2.